The van der Waals surface area contributed by atoms with Gasteiger partial charge in [0.15, 0.2) is 5.13 Å². The quantitative estimate of drug-likeness (QED) is 0.716. The first kappa shape index (κ1) is 17.3. The molecule has 0 aliphatic heterocycles. The second-order valence-corrected chi connectivity index (χ2v) is 8.73. The minimum atomic E-state index is -0.145. The number of aromatic nitrogens is 2. The maximum absolute atomic E-state index is 12.7. The van der Waals surface area contributed by atoms with Gasteiger partial charge in [-0.2, -0.15) is 0 Å². The van der Waals surface area contributed by atoms with E-state index in [0.29, 0.717) is 10.0 Å². The number of anilines is 1. The number of hydrogen-bond donors (Lipinski definition) is 2. The highest BCUT2D eigenvalue weighted by atomic mass is 32.1. The van der Waals surface area contributed by atoms with Gasteiger partial charge in [-0.3, -0.25) is 10.1 Å². The van der Waals surface area contributed by atoms with E-state index in [1.165, 1.54) is 33.1 Å². The predicted molar refractivity (Wildman–Crippen MR) is 107 cm³/mol. The van der Waals surface area contributed by atoms with Crippen molar-refractivity contribution in [1.82, 2.24) is 9.97 Å². The van der Waals surface area contributed by atoms with Gasteiger partial charge >= 0.3 is 0 Å². The van der Waals surface area contributed by atoms with E-state index in [-0.39, 0.29) is 11.9 Å². The van der Waals surface area contributed by atoms with Gasteiger partial charge in [0.25, 0.3) is 5.91 Å². The molecule has 134 valence electrons. The Morgan fingerprint density at radius 1 is 1.19 bits per heavy atom. The summed E-state index contributed by atoms with van der Waals surface area (Å²) < 4.78 is 0. The molecule has 0 saturated carbocycles. The Balaban J connectivity index is 1.54. The fraction of sp³-hybridized carbons (Fsp3) is 0.316. The van der Waals surface area contributed by atoms with Crippen molar-refractivity contribution < 1.29 is 4.79 Å². The molecule has 2 aromatic heterocycles. The zero-order chi connectivity index (χ0) is 18.3. The van der Waals surface area contributed by atoms with Crippen LogP contribution in [0.5, 0.6) is 0 Å². The zero-order valence-electron chi connectivity index (χ0n) is 14.7. The number of nitrogens with two attached hydrogens (primary N) is 1. The lowest BCUT2D eigenvalue weighted by Gasteiger charge is -2.15. The van der Waals surface area contributed by atoms with Crippen LogP contribution in [0.4, 0.5) is 5.13 Å². The SMILES string of the molecule is Cc1ccc(-c2nc(C)c(C(=O)Nc3nc4c(s3)C[C@@H](N)CC4)s2)cc1. The summed E-state index contributed by atoms with van der Waals surface area (Å²) >= 11 is 2.95. The van der Waals surface area contributed by atoms with Gasteiger partial charge in [-0.15, -0.1) is 22.7 Å². The summed E-state index contributed by atoms with van der Waals surface area (Å²) in [4.78, 5) is 23.7. The zero-order valence-corrected chi connectivity index (χ0v) is 16.3. The van der Waals surface area contributed by atoms with E-state index >= 15 is 0 Å². The third kappa shape index (κ3) is 3.42. The van der Waals surface area contributed by atoms with Crippen LogP contribution >= 0.6 is 22.7 Å². The molecule has 0 fully saturated rings. The Morgan fingerprint density at radius 3 is 2.73 bits per heavy atom. The number of benzene rings is 1. The van der Waals surface area contributed by atoms with Crippen LogP contribution in [0.3, 0.4) is 0 Å². The predicted octanol–water partition coefficient (Wildman–Crippen LogP) is 3.95. The molecule has 3 aromatic rings. The molecule has 5 nitrogen and oxygen atoms in total. The van der Waals surface area contributed by atoms with Crippen LogP contribution in [-0.4, -0.2) is 21.9 Å². The highest BCUT2D eigenvalue weighted by Gasteiger charge is 2.22. The van der Waals surface area contributed by atoms with Crippen LogP contribution in [0.25, 0.3) is 10.6 Å². The normalized spacial score (nSPS) is 16.3. The first-order valence-corrected chi connectivity index (χ1v) is 10.2. The number of thiazole rings is 2. The number of hydrogen-bond acceptors (Lipinski definition) is 6. The molecule has 0 unspecified atom stereocenters. The monoisotopic (exact) mass is 384 g/mol. The molecule has 0 radical (unpaired) electrons. The molecular weight excluding hydrogens is 364 g/mol. The summed E-state index contributed by atoms with van der Waals surface area (Å²) in [5, 5.41) is 4.45. The third-order valence-corrected chi connectivity index (χ3v) is 6.74. The molecule has 1 atom stereocenters. The fourth-order valence-corrected chi connectivity index (χ4v) is 5.10. The molecule has 26 heavy (non-hydrogen) atoms. The van der Waals surface area contributed by atoms with Crippen LogP contribution in [-0.2, 0) is 12.8 Å². The maximum atomic E-state index is 12.7. The van der Waals surface area contributed by atoms with Crippen molar-refractivity contribution in [2.75, 3.05) is 5.32 Å². The molecule has 7 heteroatoms. The number of carbonyl (C=O) groups is 1. The molecular formula is C19H20N4OS2. The van der Waals surface area contributed by atoms with Crippen molar-refractivity contribution in [3.63, 3.8) is 0 Å². The number of nitrogens with one attached hydrogen (secondary N) is 1. The topological polar surface area (TPSA) is 80.9 Å². The second-order valence-electron chi connectivity index (χ2n) is 6.65. The van der Waals surface area contributed by atoms with Crippen molar-refractivity contribution in [3.8, 4) is 10.6 Å². The smallest absolute Gasteiger partial charge is 0.269 e. The van der Waals surface area contributed by atoms with Crippen LogP contribution in [0, 0.1) is 13.8 Å². The van der Waals surface area contributed by atoms with Gasteiger partial charge in [0, 0.05) is 16.5 Å². The lowest BCUT2D eigenvalue weighted by Crippen LogP contribution is -2.27. The molecule has 0 bridgehead atoms. The van der Waals surface area contributed by atoms with E-state index in [2.05, 4.69) is 34.3 Å². The summed E-state index contributed by atoms with van der Waals surface area (Å²) in [7, 11) is 0. The second kappa shape index (κ2) is 6.90. The first-order chi connectivity index (χ1) is 12.5. The number of fused-ring (bicyclic) bond motifs is 1. The minimum absolute atomic E-state index is 0.145. The molecule has 4 rings (SSSR count). The average molecular weight is 385 g/mol. The molecule has 1 aliphatic rings. The lowest BCUT2D eigenvalue weighted by atomic mass is 9.99. The fourth-order valence-electron chi connectivity index (χ4n) is 3.03. The Labute approximate surface area is 160 Å². The molecule has 1 aliphatic carbocycles. The summed E-state index contributed by atoms with van der Waals surface area (Å²) in [6.45, 7) is 3.92. The molecule has 0 spiro atoms. The van der Waals surface area contributed by atoms with Crippen molar-refractivity contribution in [2.24, 2.45) is 5.73 Å². The van der Waals surface area contributed by atoms with Crippen molar-refractivity contribution in [3.05, 3.63) is 51.0 Å². The number of nitrogens with zero attached hydrogens (tertiary/aromatic N) is 2. The van der Waals surface area contributed by atoms with Gasteiger partial charge in [0.2, 0.25) is 0 Å². The summed E-state index contributed by atoms with van der Waals surface area (Å²) in [6, 6.07) is 8.38. The van der Waals surface area contributed by atoms with Gasteiger partial charge < -0.3 is 5.73 Å². The largest absolute Gasteiger partial charge is 0.327 e. The Bertz CT molecular complexity index is 959. The van der Waals surface area contributed by atoms with Crippen LogP contribution in [0.2, 0.25) is 0 Å². The Kier molecular flexibility index (Phi) is 4.60. The van der Waals surface area contributed by atoms with Gasteiger partial charge in [-0.1, -0.05) is 29.8 Å². The van der Waals surface area contributed by atoms with Crippen LogP contribution < -0.4 is 11.1 Å². The van der Waals surface area contributed by atoms with E-state index < -0.39 is 0 Å². The van der Waals surface area contributed by atoms with E-state index in [0.717, 1.165) is 41.2 Å². The van der Waals surface area contributed by atoms with Crippen molar-refractivity contribution in [2.45, 2.75) is 39.2 Å². The van der Waals surface area contributed by atoms with Crippen molar-refractivity contribution in [1.29, 1.82) is 0 Å². The molecule has 1 aromatic carbocycles. The maximum Gasteiger partial charge on any atom is 0.269 e. The summed E-state index contributed by atoms with van der Waals surface area (Å²) in [5.41, 5.74) is 10.1. The lowest BCUT2D eigenvalue weighted by molar-refractivity contribution is 0.103. The Morgan fingerprint density at radius 2 is 1.96 bits per heavy atom. The third-order valence-electron chi connectivity index (χ3n) is 4.50. The van der Waals surface area contributed by atoms with Gasteiger partial charge in [-0.25, -0.2) is 9.97 Å². The Hall–Kier alpha value is -2.09. The van der Waals surface area contributed by atoms with Gasteiger partial charge in [0.05, 0.1) is 11.4 Å². The number of amides is 1. The highest BCUT2D eigenvalue weighted by Crippen LogP contribution is 2.31. The van der Waals surface area contributed by atoms with E-state index in [9.17, 15) is 4.79 Å². The minimum Gasteiger partial charge on any atom is -0.327 e. The molecule has 3 N–H and O–H groups in total. The molecule has 1 amide bonds. The van der Waals surface area contributed by atoms with E-state index in [1.54, 1.807) is 0 Å². The first-order valence-electron chi connectivity index (χ1n) is 8.59. The van der Waals surface area contributed by atoms with Gasteiger partial charge in [-0.05, 0) is 33.1 Å². The van der Waals surface area contributed by atoms with E-state index in [1.807, 2.05) is 19.1 Å². The van der Waals surface area contributed by atoms with Gasteiger partial charge in [0.1, 0.15) is 9.88 Å². The van der Waals surface area contributed by atoms with Crippen LogP contribution in [0.15, 0.2) is 24.3 Å². The summed E-state index contributed by atoms with van der Waals surface area (Å²) in [6.07, 6.45) is 2.69. The standard InChI is InChI=1S/C19H20N4OS2/c1-10-3-5-12(6-4-10)18-21-11(2)16(26-18)17(24)23-19-22-14-8-7-13(20)9-15(14)25-19/h3-6,13H,7-9,20H2,1-2H3,(H,22,23,24)/t13-/m0/s1. The average Bonchev–Trinajstić information content (AvgIpc) is 3.18. The van der Waals surface area contributed by atoms with Crippen LogP contribution in [0.1, 0.15) is 37.9 Å². The number of aryl methyl sites for hydroxylation is 3. The highest BCUT2D eigenvalue weighted by molar-refractivity contribution is 7.18. The summed E-state index contributed by atoms with van der Waals surface area (Å²) in [5.74, 6) is -0.145. The molecule has 2 heterocycles. The number of carbonyl (C=O) groups excluding carboxylic acids is 1. The number of rotatable bonds is 3. The van der Waals surface area contributed by atoms with E-state index in [4.69, 9.17) is 5.73 Å². The van der Waals surface area contributed by atoms with Crippen molar-refractivity contribution >= 4 is 33.7 Å². The molecule has 0 saturated heterocycles.